The minimum Gasteiger partial charge on any atom is -0.349 e. The van der Waals surface area contributed by atoms with Crippen molar-refractivity contribution < 1.29 is 4.79 Å². The van der Waals surface area contributed by atoms with Crippen LogP contribution in [-0.4, -0.2) is 17.4 Å². The normalized spacial score (nSPS) is 18.9. The van der Waals surface area contributed by atoms with Crippen LogP contribution in [0.1, 0.15) is 31.4 Å². The number of amides is 1. The van der Waals surface area contributed by atoms with E-state index in [2.05, 4.69) is 10.3 Å². The lowest BCUT2D eigenvalue weighted by atomic mass is 10.0. The van der Waals surface area contributed by atoms with Crippen molar-refractivity contribution in [2.24, 2.45) is 11.1 Å². The third kappa shape index (κ3) is 2.07. The molecule has 86 valence electrons. The van der Waals surface area contributed by atoms with Crippen LogP contribution < -0.4 is 11.1 Å². The highest BCUT2D eigenvalue weighted by Gasteiger charge is 2.48. The number of pyridine rings is 1. The Kier molecular flexibility index (Phi) is 2.92. The van der Waals surface area contributed by atoms with Gasteiger partial charge in [0.25, 0.3) is 0 Å². The largest absolute Gasteiger partial charge is 0.349 e. The zero-order valence-electron chi connectivity index (χ0n) is 9.44. The van der Waals surface area contributed by atoms with Gasteiger partial charge < -0.3 is 11.1 Å². The minimum atomic E-state index is -0.276. The highest BCUT2D eigenvalue weighted by molar-refractivity contribution is 5.85. The van der Waals surface area contributed by atoms with E-state index in [4.69, 9.17) is 5.73 Å². The summed E-state index contributed by atoms with van der Waals surface area (Å²) in [5.74, 6) is 0.0827. The number of nitrogens with two attached hydrogens (primary N) is 1. The van der Waals surface area contributed by atoms with Gasteiger partial charge >= 0.3 is 0 Å². The maximum Gasteiger partial charge on any atom is 0.227 e. The molecule has 4 heteroatoms. The fraction of sp³-hybridized carbons (Fsp3) is 0.500. The van der Waals surface area contributed by atoms with E-state index in [9.17, 15) is 4.79 Å². The van der Waals surface area contributed by atoms with Gasteiger partial charge in [0.15, 0.2) is 0 Å². The minimum absolute atomic E-state index is 0.0134. The van der Waals surface area contributed by atoms with Gasteiger partial charge in [-0.2, -0.15) is 0 Å². The molecule has 4 nitrogen and oxygen atoms in total. The standard InChI is InChI=1S/C12H17N3O/c1-9(10-2-6-14-7-3-10)15-11(16)12(8-13)4-5-12/h2-3,6-7,9H,4-5,8,13H2,1H3,(H,15,16)/t9-/m1/s1. The van der Waals surface area contributed by atoms with Gasteiger partial charge in [-0.15, -0.1) is 0 Å². The molecule has 1 aliphatic rings. The second-order valence-electron chi connectivity index (χ2n) is 4.46. The van der Waals surface area contributed by atoms with Crippen molar-refractivity contribution in [2.45, 2.75) is 25.8 Å². The Bertz CT molecular complexity index is 373. The molecule has 1 heterocycles. The molecule has 0 unspecified atom stereocenters. The van der Waals surface area contributed by atoms with Gasteiger partial charge in [0.05, 0.1) is 11.5 Å². The molecule has 0 spiro atoms. The molecule has 0 aliphatic heterocycles. The molecule has 1 fully saturated rings. The van der Waals surface area contributed by atoms with Crippen LogP contribution in [0.3, 0.4) is 0 Å². The quantitative estimate of drug-likeness (QED) is 0.793. The predicted octanol–water partition coefficient (Wildman–Crippen LogP) is 0.998. The average molecular weight is 219 g/mol. The van der Waals surface area contributed by atoms with Gasteiger partial charge in [-0.3, -0.25) is 9.78 Å². The lowest BCUT2D eigenvalue weighted by molar-refractivity contribution is -0.126. The SMILES string of the molecule is C[C@@H](NC(=O)C1(CN)CC1)c1ccncc1. The van der Waals surface area contributed by atoms with Crippen LogP contribution in [-0.2, 0) is 4.79 Å². The molecule has 0 bridgehead atoms. The number of rotatable bonds is 4. The second kappa shape index (κ2) is 4.22. The summed E-state index contributed by atoms with van der Waals surface area (Å²) in [5.41, 5.74) is 6.40. The van der Waals surface area contributed by atoms with E-state index in [0.717, 1.165) is 18.4 Å². The number of aromatic nitrogens is 1. The van der Waals surface area contributed by atoms with Gasteiger partial charge in [0, 0.05) is 18.9 Å². The Labute approximate surface area is 95.3 Å². The predicted molar refractivity (Wildman–Crippen MR) is 61.5 cm³/mol. The Morgan fingerprint density at radius 2 is 2.19 bits per heavy atom. The monoisotopic (exact) mass is 219 g/mol. The summed E-state index contributed by atoms with van der Waals surface area (Å²) in [7, 11) is 0. The molecule has 0 aromatic carbocycles. The van der Waals surface area contributed by atoms with Crippen molar-refractivity contribution in [3.8, 4) is 0 Å². The molecule has 1 aromatic rings. The lowest BCUT2D eigenvalue weighted by Crippen LogP contribution is -2.37. The molecule has 3 N–H and O–H groups in total. The van der Waals surface area contributed by atoms with Crippen LogP contribution in [0.4, 0.5) is 0 Å². The van der Waals surface area contributed by atoms with Gasteiger partial charge in [0.2, 0.25) is 5.91 Å². The van der Waals surface area contributed by atoms with E-state index in [1.807, 2.05) is 19.1 Å². The third-order valence-corrected chi connectivity index (χ3v) is 3.28. The summed E-state index contributed by atoms with van der Waals surface area (Å²) in [6, 6.07) is 3.83. The Morgan fingerprint density at radius 1 is 1.56 bits per heavy atom. The summed E-state index contributed by atoms with van der Waals surface area (Å²) in [4.78, 5) is 15.9. The molecular weight excluding hydrogens is 202 g/mol. The van der Waals surface area contributed by atoms with Crippen molar-refractivity contribution in [1.82, 2.24) is 10.3 Å². The van der Waals surface area contributed by atoms with Crippen LogP contribution in [0.15, 0.2) is 24.5 Å². The van der Waals surface area contributed by atoms with Crippen LogP contribution in [0.2, 0.25) is 0 Å². The number of nitrogens with one attached hydrogen (secondary N) is 1. The Morgan fingerprint density at radius 3 is 2.69 bits per heavy atom. The molecule has 1 aliphatic carbocycles. The molecule has 1 amide bonds. The fourth-order valence-corrected chi connectivity index (χ4v) is 1.76. The average Bonchev–Trinajstić information content (AvgIpc) is 3.11. The zero-order valence-corrected chi connectivity index (χ0v) is 9.44. The van der Waals surface area contributed by atoms with Gasteiger partial charge in [-0.1, -0.05) is 0 Å². The van der Waals surface area contributed by atoms with Crippen LogP contribution in [0, 0.1) is 5.41 Å². The van der Waals surface area contributed by atoms with E-state index in [-0.39, 0.29) is 17.4 Å². The maximum atomic E-state index is 11.9. The molecule has 2 rings (SSSR count). The highest BCUT2D eigenvalue weighted by atomic mass is 16.2. The molecule has 1 aromatic heterocycles. The van der Waals surface area contributed by atoms with E-state index >= 15 is 0 Å². The van der Waals surface area contributed by atoms with Crippen molar-refractivity contribution in [2.75, 3.05) is 6.54 Å². The number of nitrogens with zero attached hydrogens (tertiary/aromatic N) is 1. The van der Waals surface area contributed by atoms with E-state index in [1.54, 1.807) is 12.4 Å². The zero-order chi connectivity index (χ0) is 11.6. The summed E-state index contributed by atoms with van der Waals surface area (Å²) >= 11 is 0. The smallest absolute Gasteiger partial charge is 0.227 e. The summed E-state index contributed by atoms with van der Waals surface area (Å²) in [6.07, 6.45) is 5.29. The third-order valence-electron chi connectivity index (χ3n) is 3.28. The molecule has 1 saturated carbocycles. The molecule has 16 heavy (non-hydrogen) atoms. The first kappa shape index (κ1) is 11.1. The second-order valence-corrected chi connectivity index (χ2v) is 4.46. The maximum absolute atomic E-state index is 11.9. The first-order chi connectivity index (χ1) is 7.68. The lowest BCUT2D eigenvalue weighted by Gasteiger charge is -2.18. The molecular formula is C12H17N3O. The van der Waals surface area contributed by atoms with Crippen LogP contribution in [0.25, 0.3) is 0 Å². The first-order valence-corrected chi connectivity index (χ1v) is 5.59. The van der Waals surface area contributed by atoms with E-state index in [1.165, 1.54) is 0 Å². The van der Waals surface area contributed by atoms with Crippen LogP contribution >= 0.6 is 0 Å². The van der Waals surface area contributed by atoms with Crippen molar-refractivity contribution >= 4 is 5.91 Å². The fourth-order valence-electron chi connectivity index (χ4n) is 1.76. The summed E-state index contributed by atoms with van der Waals surface area (Å²) in [5, 5.41) is 3.00. The van der Waals surface area contributed by atoms with Gasteiger partial charge in [-0.05, 0) is 37.5 Å². The first-order valence-electron chi connectivity index (χ1n) is 5.59. The van der Waals surface area contributed by atoms with Gasteiger partial charge in [0.1, 0.15) is 0 Å². The number of hydrogen-bond donors (Lipinski definition) is 2. The molecule has 0 saturated heterocycles. The number of hydrogen-bond acceptors (Lipinski definition) is 3. The topological polar surface area (TPSA) is 68.0 Å². The molecule has 0 radical (unpaired) electrons. The number of carbonyl (C=O) groups is 1. The highest BCUT2D eigenvalue weighted by Crippen LogP contribution is 2.45. The van der Waals surface area contributed by atoms with Crippen molar-refractivity contribution in [3.63, 3.8) is 0 Å². The summed E-state index contributed by atoms with van der Waals surface area (Å²) in [6.45, 7) is 2.42. The van der Waals surface area contributed by atoms with Gasteiger partial charge in [-0.25, -0.2) is 0 Å². The van der Waals surface area contributed by atoms with E-state index in [0.29, 0.717) is 6.54 Å². The molecule has 1 atom stereocenters. The Balaban J connectivity index is 1.98. The Hall–Kier alpha value is -1.42. The van der Waals surface area contributed by atoms with Crippen molar-refractivity contribution in [3.05, 3.63) is 30.1 Å². The van der Waals surface area contributed by atoms with E-state index < -0.39 is 0 Å². The van der Waals surface area contributed by atoms with Crippen LogP contribution in [0.5, 0.6) is 0 Å². The number of carbonyl (C=O) groups excluding carboxylic acids is 1. The summed E-state index contributed by atoms with van der Waals surface area (Å²) < 4.78 is 0. The van der Waals surface area contributed by atoms with Crippen molar-refractivity contribution in [1.29, 1.82) is 0 Å².